The molecular formula is C11H9BFNO4S. The minimum Gasteiger partial charge on any atom is -0.535 e. The maximum atomic E-state index is 13.5. The molecular weight excluding hydrogens is 272 g/mol. The number of carbonyl (C=O) groups is 1. The fourth-order valence-corrected chi connectivity index (χ4v) is 2.67. The van der Waals surface area contributed by atoms with Crippen LogP contribution in [0.25, 0.3) is 4.85 Å². The van der Waals surface area contributed by atoms with Gasteiger partial charge in [0.2, 0.25) is 0 Å². The molecule has 0 spiro atoms. The van der Waals surface area contributed by atoms with Crippen molar-refractivity contribution in [1.29, 1.82) is 0 Å². The van der Waals surface area contributed by atoms with Gasteiger partial charge in [0.25, 0.3) is 5.88 Å². The van der Waals surface area contributed by atoms with Gasteiger partial charge in [-0.05, 0) is 18.1 Å². The summed E-state index contributed by atoms with van der Waals surface area (Å²) in [5.41, 5.74) is -0.0447. The van der Waals surface area contributed by atoms with E-state index >= 15 is 0 Å². The minimum atomic E-state index is -1.44. The molecule has 98 valence electrons. The van der Waals surface area contributed by atoms with E-state index in [2.05, 4.69) is 4.85 Å². The molecule has 0 saturated heterocycles. The van der Waals surface area contributed by atoms with E-state index < -0.39 is 24.5 Å². The molecule has 8 heteroatoms. The van der Waals surface area contributed by atoms with Crippen molar-refractivity contribution in [2.75, 3.05) is 5.88 Å². The summed E-state index contributed by atoms with van der Waals surface area (Å²) < 4.78 is 18.6. The summed E-state index contributed by atoms with van der Waals surface area (Å²) >= 11 is 1.22. The van der Waals surface area contributed by atoms with Gasteiger partial charge in [0.05, 0.1) is 5.15 Å². The number of halogens is 1. The molecule has 0 unspecified atom stereocenters. The van der Waals surface area contributed by atoms with Gasteiger partial charge in [-0.25, -0.2) is 15.8 Å². The average Bonchev–Trinajstić information content (AvgIpc) is 2.36. The molecule has 1 aromatic carbocycles. The molecule has 0 bridgehead atoms. The molecule has 2 N–H and O–H groups in total. The highest BCUT2D eigenvalue weighted by molar-refractivity contribution is 8.01. The first kappa shape index (κ1) is 13.7. The third-order valence-electron chi connectivity index (χ3n) is 2.73. The van der Waals surface area contributed by atoms with Crippen molar-refractivity contribution < 1.29 is 24.0 Å². The SMILES string of the molecule is [C-]#[N+]CS[C@H]1Cc2ccc(F)c(C(=O)O)c2OB1O. The number of nitrogens with zero attached hydrogens (tertiary/aromatic N) is 1. The monoisotopic (exact) mass is 281 g/mol. The maximum Gasteiger partial charge on any atom is 0.537 e. The molecule has 1 heterocycles. The largest absolute Gasteiger partial charge is 0.537 e. The highest BCUT2D eigenvalue weighted by atomic mass is 32.2. The Labute approximate surface area is 113 Å². The van der Waals surface area contributed by atoms with Crippen LogP contribution in [0.1, 0.15) is 15.9 Å². The minimum absolute atomic E-state index is 0.125. The molecule has 0 amide bonds. The van der Waals surface area contributed by atoms with Crippen LogP contribution in [-0.4, -0.2) is 34.2 Å². The van der Waals surface area contributed by atoms with Gasteiger partial charge in [-0.1, -0.05) is 17.8 Å². The van der Waals surface area contributed by atoms with E-state index in [1.165, 1.54) is 17.8 Å². The Morgan fingerprint density at radius 1 is 1.68 bits per heavy atom. The molecule has 1 aliphatic rings. The molecule has 2 rings (SSSR count). The van der Waals surface area contributed by atoms with Gasteiger partial charge in [0, 0.05) is 0 Å². The quantitative estimate of drug-likeness (QED) is 0.648. The zero-order chi connectivity index (χ0) is 14.0. The summed E-state index contributed by atoms with van der Waals surface area (Å²) in [5.74, 6) is -2.29. The van der Waals surface area contributed by atoms with Gasteiger partial charge >= 0.3 is 13.1 Å². The predicted octanol–water partition coefficient (Wildman–Crippen LogP) is 1.46. The van der Waals surface area contributed by atoms with E-state index in [4.69, 9.17) is 16.3 Å². The molecule has 0 fully saturated rings. The molecule has 0 radical (unpaired) electrons. The van der Waals surface area contributed by atoms with Gasteiger partial charge in [-0.2, -0.15) is 0 Å². The van der Waals surface area contributed by atoms with E-state index in [0.29, 0.717) is 12.0 Å². The van der Waals surface area contributed by atoms with Crippen molar-refractivity contribution in [2.24, 2.45) is 0 Å². The second-order valence-corrected chi connectivity index (χ2v) is 5.12. The lowest BCUT2D eigenvalue weighted by atomic mass is 9.77. The molecule has 1 aromatic rings. The number of carboxylic acid groups (broad SMARTS) is 1. The Hall–Kier alpha value is -1.72. The normalized spacial score (nSPS) is 17.3. The number of thioether (sulfide) groups is 1. The van der Waals surface area contributed by atoms with E-state index in [-0.39, 0.29) is 16.8 Å². The molecule has 5 nitrogen and oxygen atoms in total. The summed E-state index contributed by atoms with van der Waals surface area (Å²) in [4.78, 5) is 14.2. The first-order valence-corrected chi connectivity index (χ1v) is 6.43. The summed E-state index contributed by atoms with van der Waals surface area (Å²) in [7, 11) is -1.25. The van der Waals surface area contributed by atoms with Crippen molar-refractivity contribution in [3.8, 4) is 5.75 Å². The summed E-state index contributed by atoms with van der Waals surface area (Å²) in [6.45, 7) is 6.71. The number of benzene rings is 1. The third-order valence-corrected chi connectivity index (χ3v) is 3.84. The number of rotatable bonds is 3. The number of hydrogen-bond acceptors (Lipinski definition) is 4. The molecule has 1 aliphatic heterocycles. The Bertz CT molecular complexity index is 562. The van der Waals surface area contributed by atoms with Crippen LogP contribution in [0, 0.1) is 12.4 Å². The van der Waals surface area contributed by atoms with E-state index in [1.807, 2.05) is 0 Å². The molecule has 0 aromatic heterocycles. The van der Waals surface area contributed by atoms with Crippen molar-refractivity contribution in [3.05, 3.63) is 40.5 Å². The van der Waals surface area contributed by atoms with Gasteiger partial charge in [0.15, 0.2) is 0 Å². The van der Waals surface area contributed by atoms with Crippen molar-refractivity contribution >= 4 is 24.8 Å². The topological polar surface area (TPSA) is 71.1 Å². The van der Waals surface area contributed by atoms with Crippen LogP contribution in [0.2, 0.25) is 0 Å². The Morgan fingerprint density at radius 3 is 3.05 bits per heavy atom. The lowest BCUT2D eigenvalue weighted by molar-refractivity contribution is 0.0689. The summed E-state index contributed by atoms with van der Waals surface area (Å²) in [6, 6.07) is 2.51. The van der Waals surface area contributed by atoms with Crippen LogP contribution < -0.4 is 4.65 Å². The van der Waals surface area contributed by atoms with Gasteiger partial charge < -0.3 is 19.6 Å². The number of hydrogen-bond donors (Lipinski definition) is 2. The van der Waals surface area contributed by atoms with Gasteiger partial charge in [0.1, 0.15) is 17.1 Å². The fourth-order valence-electron chi connectivity index (χ4n) is 1.88. The van der Waals surface area contributed by atoms with E-state index in [0.717, 1.165) is 6.07 Å². The summed E-state index contributed by atoms with van der Waals surface area (Å²) in [6.07, 6.45) is 0.331. The Balaban J connectivity index is 2.35. The van der Waals surface area contributed by atoms with Crippen molar-refractivity contribution in [3.63, 3.8) is 0 Å². The fraction of sp³-hybridized carbons (Fsp3) is 0.273. The smallest absolute Gasteiger partial charge is 0.535 e. The van der Waals surface area contributed by atoms with Crippen LogP contribution in [0.3, 0.4) is 0 Å². The summed E-state index contributed by atoms with van der Waals surface area (Å²) in [5, 5.41) is 18.4. The first-order chi connectivity index (χ1) is 9.04. The van der Waals surface area contributed by atoms with Gasteiger partial charge in [-0.15, -0.1) is 0 Å². The van der Waals surface area contributed by atoms with Crippen LogP contribution in [0.15, 0.2) is 12.1 Å². The zero-order valence-electron chi connectivity index (χ0n) is 9.67. The van der Waals surface area contributed by atoms with Crippen molar-refractivity contribution in [1.82, 2.24) is 0 Å². The molecule has 0 saturated carbocycles. The second-order valence-electron chi connectivity index (χ2n) is 3.92. The Kier molecular flexibility index (Phi) is 3.97. The molecule has 1 atom stereocenters. The Morgan fingerprint density at radius 2 is 2.42 bits per heavy atom. The number of fused-ring (bicyclic) bond motifs is 1. The van der Waals surface area contributed by atoms with Crippen LogP contribution >= 0.6 is 11.8 Å². The molecule has 0 aliphatic carbocycles. The second kappa shape index (κ2) is 5.51. The van der Waals surface area contributed by atoms with E-state index in [1.54, 1.807) is 0 Å². The average molecular weight is 281 g/mol. The van der Waals surface area contributed by atoms with Gasteiger partial charge in [-0.3, -0.25) is 0 Å². The third kappa shape index (κ3) is 2.67. The number of aromatic carboxylic acids is 1. The lowest BCUT2D eigenvalue weighted by Crippen LogP contribution is -2.41. The molecule has 19 heavy (non-hydrogen) atoms. The maximum absolute atomic E-state index is 13.5. The highest BCUT2D eigenvalue weighted by Gasteiger charge is 2.38. The van der Waals surface area contributed by atoms with Crippen molar-refractivity contribution in [2.45, 2.75) is 11.6 Å². The predicted molar refractivity (Wildman–Crippen MR) is 68.5 cm³/mol. The lowest BCUT2D eigenvalue weighted by Gasteiger charge is -2.26. The van der Waals surface area contributed by atoms with E-state index in [9.17, 15) is 14.2 Å². The van der Waals surface area contributed by atoms with Crippen LogP contribution in [0.5, 0.6) is 5.75 Å². The van der Waals surface area contributed by atoms with Crippen LogP contribution in [-0.2, 0) is 6.42 Å². The standard InChI is InChI=1S/C11H9BFNO4S/c1-14-5-19-8-4-6-2-3-7(13)9(11(15)16)10(6)18-12(8)17/h2-3,8,17H,4-5H2,(H,15,16)/t8-/m0/s1. The van der Waals surface area contributed by atoms with Crippen LogP contribution in [0.4, 0.5) is 4.39 Å². The first-order valence-electron chi connectivity index (χ1n) is 5.38. The zero-order valence-corrected chi connectivity index (χ0v) is 10.5. The highest BCUT2D eigenvalue weighted by Crippen LogP contribution is 2.35. The number of carboxylic acids is 1.